The van der Waals surface area contributed by atoms with Gasteiger partial charge < -0.3 is 15.4 Å². The maximum absolute atomic E-state index is 13.4. The Morgan fingerprint density at radius 3 is 2.67 bits per heavy atom. The number of anilines is 1. The highest BCUT2D eigenvalue weighted by Gasteiger charge is 2.17. The van der Waals surface area contributed by atoms with E-state index in [9.17, 15) is 18.4 Å². The first-order chi connectivity index (χ1) is 9.88. The van der Waals surface area contributed by atoms with Crippen molar-refractivity contribution in [3.05, 3.63) is 52.9 Å². The first kappa shape index (κ1) is 14.7. The summed E-state index contributed by atoms with van der Waals surface area (Å²) in [4.78, 5) is 25.6. The van der Waals surface area contributed by atoms with E-state index in [2.05, 4.69) is 10.3 Å². The van der Waals surface area contributed by atoms with E-state index < -0.39 is 23.5 Å². The lowest BCUT2D eigenvalue weighted by molar-refractivity contribution is -0.115. The van der Waals surface area contributed by atoms with Crippen LogP contribution < -0.4 is 5.32 Å². The van der Waals surface area contributed by atoms with Crippen LogP contribution in [-0.2, 0) is 11.2 Å². The molecule has 7 heteroatoms. The maximum Gasteiger partial charge on any atom is 0.339 e. The molecule has 0 aliphatic heterocycles. The average Bonchev–Trinajstić information content (AvgIpc) is 2.74. The van der Waals surface area contributed by atoms with Crippen molar-refractivity contribution >= 4 is 17.6 Å². The maximum atomic E-state index is 13.4. The summed E-state index contributed by atoms with van der Waals surface area (Å²) in [6.45, 7) is 1.55. The molecular weight excluding hydrogens is 282 g/mol. The van der Waals surface area contributed by atoms with Gasteiger partial charge >= 0.3 is 5.97 Å². The fraction of sp³-hybridized carbons (Fsp3) is 0.143. The third kappa shape index (κ3) is 3.25. The predicted molar refractivity (Wildman–Crippen MR) is 71.2 cm³/mol. The first-order valence-electron chi connectivity index (χ1n) is 6.03. The molecule has 0 aliphatic carbocycles. The molecule has 1 amide bonds. The molecule has 110 valence electrons. The van der Waals surface area contributed by atoms with Gasteiger partial charge in [0.2, 0.25) is 5.91 Å². The Bertz CT molecular complexity index is 710. The van der Waals surface area contributed by atoms with Crippen LogP contribution in [0.15, 0.2) is 24.4 Å². The van der Waals surface area contributed by atoms with Crippen LogP contribution in [0.4, 0.5) is 14.5 Å². The summed E-state index contributed by atoms with van der Waals surface area (Å²) in [5.74, 6) is -3.33. The molecule has 1 aromatic carbocycles. The zero-order chi connectivity index (χ0) is 15.6. The van der Waals surface area contributed by atoms with E-state index in [1.807, 2.05) is 0 Å². The number of H-pyrrole nitrogens is 1. The first-order valence-corrected chi connectivity index (χ1v) is 6.03. The summed E-state index contributed by atoms with van der Waals surface area (Å²) in [5, 5.41) is 11.4. The van der Waals surface area contributed by atoms with Gasteiger partial charge in [0, 0.05) is 18.0 Å². The van der Waals surface area contributed by atoms with Gasteiger partial charge in [-0.2, -0.15) is 0 Å². The Kier molecular flexibility index (Phi) is 4.02. The summed E-state index contributed by atoms with van der Waals surface area (Å²) in [5.41, 5.74) is 0.472. The highest BCUT2D eigenvalue weighted by molar-refractivity contribution is 6.01. The second kappa shape index (κ2) is 5.74. The van der Waals surface area contributed by atoms with Gasteiger partial charge in [-0.25, -0.2) is 13.6 Å². The molecule has 0 saturated heterocycles. The molecule has 0 fully saturated rings. The standard InChI is InChI=1S/C14H12F2N2O3/c1-7-13(14(20)21)11(6-17-7)18-12(19)4-8-2-3-9(15)5-10(8)16/h2-3,5-6,17H,4H2,1H3,(H,18,19)(H,20,21). The zero-order valence-electron chi connectivity index (χ0n) is 11.0. The number of aryl methyl sites for hydroxylation is 1. The van der Waals surface area contributed by atoms with Crippen LogP contribution >= 0.6 is 0 Å². The van der Waals surface area contributed by atoms with Gasteiger partial charge in [0.15, 0.2) is 0 Å². The van der Waals surface area contributed by atoms with E-state index in [1.54, 1.807) is 6.92 Å². The Morgan fingerprint density at radius 1 is 1.33 bits per heavy atom. The average molecular weight is 294 g/mol. The van der Waals surface area contributed by atoms with Gasteiger partial charge in [0.25, 0.3) is 0 Å². The Morgan fingerprint density at radius 2 is 2.05 bits per heavy atom. The van der Waals surface area contributed by atoms with E-state index in [1.165, 1.54) is 12.3 Å². The van der Waals surface area contributed by atoms with E-state index in [0.717, 1.165) is 6.07 Å². The van der Waals surface area contributed by atoms with Crippen LogP contribution in [0.25, 0.3) is 0 Å². The van der Waals surface area contributed by atoms with Gasteiger partial charge in [-0.1, -0.05) is 6.07 Å². The molecule has 0 saturated carbocycles. The lowest BCUT2D eigenvalue weighted by atomic mass is 10.1. The number of carbonyl (C=O) groups excluding carboxylic acids is 1. The molecule has 0 atom stereocenters. The van der Waals surface area contributed by atoms with Gasteiger partial charge in [0.1, 0.15) is 17.2 Å². The highest BCUT2D eigenvalue weighted by Crippen LogP contribution is 2.19. The van der Waals surface area contributed by atoms with Crippen molar-refractivity contribution in [3.63, 3.8) is 0 Å². The van der Waals surface area contributed by atoms with Crippen LogP contribution in [-0.4, -0.2) is 22.0 Å². The van der Waals surface area contributed by atoms with E-state index in [4.69, 9.17) is 5.11 Å². The SMILES string of the molecule is Cc1[nH]cc(NC(=O)Cc2ccc(F)cc2F)c1C(=O)O. The number of amides is 1. The summed E-state index contributed by atoms with van der Waals surface area (Å²) < 4.78 is 26.2. The summed E-state index contributed by atoms with van der Waals surface area (Å²) in [6.07, 6.45) is 1.02. The fourth-order valence-corrected chi connectivity index (χ4v) is 1.93. The van der Waals surface area contributed by atoms with Crippen molar-refractivity contribution in [2.45, 2.75) is 13.3 Å². The number of rotatable bonds is 4. The number of halogens is 2. The smallest absolute Gasteiger partial charge is 0.339 e. The summed E-state index contributed by atoms with van der Waals surface area (Å²) in [7, 11) is 0. The normalized spacial score (nSPS) is 10.4. The Balaban J connectivity index is 2.14. The van der Waals surface area contributed by atoms with Gasteiger partial charge in [-0.05, 0) is 18.6 Å². The number of aromatic nitrogens is 1. The molecule has 0 radical (unpaired) electrons. The molecular formula is C14H12F2N2O3. The largest absolute Gasteiger partial charge is 0.478 e. The van der Waals surface area contributed by atoms with E-state index in [0.29, 0.717) is 11.8 Å². The van der Waals surface area contributed by atoms with Gasteiger partial charge in [-0.3, -0.25) is 4.79 Å². The number of hydrogen-bond donors (Lipinski definition) is 3. The molecule has 1 heterocycles. The summed E-state index contributed by atoms with van der Waals surface area (Å²) >= 11 is 0. The number of aromatic amines is 1. The highest BCUT2D eigenvalue weighted by atomic mass is 19.1. The van der Waals surface area contributed by atoms with Crippen molar-refractivity contribution in [3.8, 4) is 0 Å². The van der Waals surface area contributed by atoms with Crippen molar-refractivity contribution in [1.82, 2.24) is 4.98 Å². The lowest BCUT2D eigenvalue weighted by Gasteiger charge is -2.06. The van der Waals surface area contributed by atoms with Gasteiger partial charge in [0.05, 0.1) is 12.1 Å². The predicted octanol–water partition coefficient (Wildman–Crippen LogP) is 2.48. The van der Waals surface area contributed by atoms with Crippen molar-refractivity contribution in [2.24, 2.45) is 0 Å². The zero-order valence-corrected chi connectivity index (χ0v) is 11.0. The van der Waals surface area contributed by atoms with Crippen LogP contribution in [0.1, 0.15) is 21.6 Å². The van der Waals surface area contributed by atoms with E-state index in [-0.39, 0.29) is 23.2 Å². The molecule has 0 unspecified atom stereocenters. The Hall–Kier alpha value is -2.70. The number of hydrogen-bond acceptors (Lipinski definition) is 2. The minimum Gasteiger partial charge on any atom is -0.478 e. The molecule has 3 N–H and O–H groups in total. The lowest BCUT2D eigenvalue weighted by Crippen LogP contribution is -2.16. The molecule has 1 aromatic heterocycles. The van der Waals surface area contributed by atoms with Crippen LogP contribution in [0.3, 0.4) is 0 Å². The quantitative estimate of drug-likeness (QED) is 0.810. The molecule has 2 rings (SSSR count). The number of carboxylic acid groups (broad SMARTS) is 1. The topological polar surface area (TPSA) is 82.2 Å². The number of aromatic carboxylic acids is 1. The number of nitrogens with one attached hydrogen (secondary N) is 2. The van der Waals surface area contributed by atoms with Crippen molar-refractivity contribution in [1.29, 1.82) is 0 Å². The molecule has 5 nitrogen and oxygen atoms in total. The van der Waals surface area contributed by atoms with Crippen LogP contribution in [0.2, 0.25) is 0 Å². The minimum absolute atomic E-state index is 0.0260. The molecule has 0 spiro atoms. The van der Waals surface area contributed by atoms with Crippen molar-refractivity contribution < 1.29 is 23.5 Å². The monoisotopic (exact) mass is 294 g/mol. The third-order valence-corrected chi connectivity index (χ3v) is 2.93. The number of carbonyl (C=O) groups is 2. The third-order valence-electron chi connectivity index (χ3n) is 2.93. The van der Waals surface area contributed by atoms with E-state index >= 15 is 0 Å². The molecule has 0 aliphatic rings. The number of carboxylic acids is 1. The minimum atomic E-state index is -1.18. The van der Waals surface area contributed by atoms with Crippen LogP contribution in [0, 0.1) is 18.6 Å². The van der Waals surface area contributed by atoms with Crippen LogP contribution in [0.5, 0.6) is 0 Å². The molecule has 0 bridgehead atoms. The van der Waals surface area contributed by atoms with Crippen molar-refractivity contribution in [2.75, 3.05) is 5.32 Å². The Labute approximate surface area is 118 Å². The summed E-state index contributed by atoms with van der Waals surface area (Å²) in [6, 6.07) is 2.91. The molecule has 21 heavy (non-hydrogen) atoms. The fourth-order valence-electron chi connectivity index (χ4n) is 1.93. The second-order valence-corrected chi connectivity index (χ2v) is 4.47. The number of benzene rings is 1. The van der Waals surface area contributed by atoms with Gasteiger partial charge in [-0.15, -0.1) is 0 Å². The second-order valence-electron chi connectivity index (χ2n) is 4.47. The molecule has 2 aromatic rings.